The first-order chi connectivity index (χ1) is 16.0. The molecule has 0 spiro atoms. The number of anilines is 1. The maximum atomic E-state index is 12.3. The molecular weight excluding hydrogens is 438 g/mol. The Kier molecular flexibility index (Phi) is 7.51. The molecule has 2 heterocycles. The quantitative estimate of drug-likeness (QED) is 0.467. The summed E-state index contributed by atoms with van der Waals surface area (Å²) in [5.41, 5.74) is 2.28. The van der Waals surface area contributed by atoms with Crippen LogP contribution in [0.5, 0.6) is 5.75 Å². The number of aryl methyl sites for hydroxylation is 1. The van der Waals surface area contributed by atoms with Gasteiger partial charge in [0, 0.05) is 23.7 Å². The summed E-state index contributed by atoms with van der Waals surface area (Å²) in [7, 11) is 0. The Morgan fingerprint density at radius 1 is 1.30 bits per heavy atom. The van der Waals surface area contributed by atoms with Gasteiger partial charge in [-0.2, -0.15) is 5.10 Å². The van der Waals surface area contributed by atoms with Crippen LogP contribution in [0.2, 0.25) is 0 Å². The van der Waals surface area contributed by atoms with E-state index < -0.39 is 0 Å². The van der Waals surface area contributed by atoms with E-state index in [9.17, 15) is 9.59 Å². The third-order valence-electron chi connectivity index (χ3n) is 5.27. The van der Waals surface area contributed by atoms with E-state index in [0.717, 1.165) is 29.1 Å². The summed E-state index contributed by atoms with van der Waals surface area (Å²) < 4.78 is 7.31. The Balaban J connectivity index is 1.25. The highest BCUT2D eigenvalue weighted by Crippen LogP contribution is 2.18. The molecule has 0 atom stereocenters. The van der Waals surface area contributed by atoms with E-state index in [4.69, 9.17) is 4.74 Å². The van der Waals surface area contributed by atoms with Crippen molar-refractivity contribution in [1.82, 2.24) is 20.1 Å². The zero-order valence-electron chi connectivity index (χ0n) is 18.5. The van der Waals surface area contributed by atoms with Crippen LogP contribution in [0.25, 0.3) is 6.08 Å². The van der Waals surface area contributed by atoms with Crippen molar-refractivity contribution < 1.29 is 14.3 Å². The molecule has 9 heteroatoms. The normalized spacial score (nSPS) is 14.0. The van der Waals surface area contributed by atoms with Crippen molar-refractivity contribution in [2.75, 3.05) is 5.32 Å². The van der Waals surface area contributed by atoms with E-state index in [0.29, 0.717) is 18.0 Å². The molecule has 3 aromatic rings. The van der Waals surface area contributed by atoms with Gasteiger partial charge in [0.05, 0.1) is 22.6 Å². The Bertz CT molecular complexity index is 1130. The van der Waals surface area contributed by atoms with Gasteiger partial charge in [0.2, 0.25) is 11.8 Å². The second-order valence-electron chi connectivity index (χ2n) is 8.02. The number of benzene rings is 1. The van der Waals surface area contributed by atoms with Crippen LogP contribution in [0.4, 0.5) is 5.69 Å². The second-order valence-corrected chi connectivity index (χ2v) is 9.08. The Hall–Kier alpha value is -3.46. The number of carbonyl (C=O) groups is 2. The summed E-state index contributed by atoms with van der Waals surface area (Å²) in [4.78, 5) is 28.8. The van der Waals surface area contributed by atoms with Gasteiger partial charge in [-0.25, -0.2) is 4.98 Å². The molecule has 0 aliphatic heterocycles. The number of nitrogens with one attached hydrogen (secondary N) is 2. The van der Waals surface area contributed by atoms with Crippen molar-refractivity contribution in [3.8, 4) is 5.75 Å². The first-order valence-electron chi connectivity index (χ1n) is 11.0. The minimum absolute atomic E-state index is 0.0604. The first-order valence-corrected chi connectivity index (χ1v) is 11.9. The fourth-order valence-electron chi connectivity index (χ4n) is 3.70. The van der Waals surface area contributed by atoms with Crippen LogP contribution in [0.1, 0.15) is 41.9 Å². The van der Waals surface area contributed by atoms with Crippen molar-refractivity contribution >= 4 is 34.9 Å². The summed E-state index contributed by atoms with van der Waals surface area (Å²) in [5.74, 6) is 0.365. The average Bonchev–Trinajstić information content (AvgIpc) is 3.55. The van der Waals surface area contributed by atoms with Gasteiger partial charge in [-0.05, 0) is 43.5 Å². The van der Waals surface area contributed by atoms with Gasteiger partial charge in [-0.1, -0.05) is 25.0 Å². The molecule has 0 unspecified atom stereocenters. The van der Waals surface area contributed by atoms with Gasteiger partial charge in [-0.3, -0.25) is 14.3 Å². The lowest BCUT2D eigenvalue weighted by molar-refractivity contribution is -0.122. The van der Waals surface area contributed by atoms with E-state index in [1.807, 2.05) is 36.6 Å². The summed E-state index contributed by atoms with van der Waals surface area (Å²) in [6.07, 6.45) is 10.8. The second kappa shape index (κ2) is 10.9. The lowest BCUT2D eigenvalue weighted by Crippen LogP contribution is -2.35. The molecule has 4 rings (SSSR count). The van der Waals surface area contributed by atoms with Crippen molar-refractivity contribution in [2.45, 2.75) is 51.8 Å². The molecular formula is C24H27N5O3S. The molecule has 172 valence electrons. The molecule has 1 aliphatic rings. The molecule has 2 N–H and O–H groups in total. The smallest absolute Gasteiger partial charge is 0.248 e. The van der Waals surface area contributed by atoms with Crippen LogP contribution in [-0.4, -0.2) is 32.6 Å². The van der Waals surface area contributed by atoms with Gasteiger partial charge < -0.3 is 15.4 Å². The monoisotopic (exact) mass is 465 g/mol. The number of ether oxygens (including phenoxy) is 1. The highest BCUT2D eigenvalue weighted by atomic mass is 32.1. The minimum atomic E-state index is -0.283. The van der Waals surface area contributed by atoms with Gasteiger partial charge in [0.1, 0.15) is 18.9 Å². The molecule has 1 fully saturated rings. The van der Waals surface area contributed by atoms with Gasteiger partial charge in [0.25, 0.3) is 0 Å². The fourth-order valence-corrected chi connectivity index (χ4v) is 4.30. The van der Waals surface area contributed by atoms with Crippen LogP contribution in [0.15, 0.2) is 48.1 Å². The van der Waals surface area contributed by atoms with E-state index in [2.05, 4.69) is 20.7 Å². The van der Waals surface area contributed by atoms with Crippen molar-refractivity contribution in [1.29, 1.82) is 0 Å². The molecule has 33 heavy (non-hydrogen) atoms. The van der Waals surface area contributed by atoms with Crippen molar-refractivity contribution in [2.24, 2.45) is 0 Å². The maximum absolute atomic E-state index is 12.3. The Morgan fingerprint density at radius 2 is 2.15 bits per heavy atom. The number of carbonyl (C=O) groups excluding carboxylic acids is 2. The van der Waals surface area contributed by atoms with E-state index in [-0.39, 0.29) is 24.4 Å². The Morgan fingerprint density at radius 3 is 2.94 bits per heavy atom. The van der Waals surface area contributed by atoms with Gasteiger partial charge in [-0.15, -0.1) is 11.3 Å². The molecule has 1 aliphatic carbocycles. The highest BCUT2D eigenvalue weighted by molar-refractivity contribution is 7.09. The number of hydrogen-bond donors (Lipinski definition) is 2. The first kappa shape index (κ1) is 22.7. The molecule has 2 amide bonds. The Labute approximate surface area is 196 Å². The standard InChI is InChI=1S/C24H27N5O3S/c1-17-26-21(16-33-17)15-32-22-8-4-5-18(11-22)9-10-23(30)28-20-12-25-29(13-20)14-24(31)27-19-6-2-3-7-19/h4-5,8-13,16,19H,2-3,6-7,14-15H2,1H3,(H,27,31)(H,28,30)/b10-9+. The minimum Gasteiger partial charge on any atom is -0.487 e. The highest BCUT2D eigenvalue weighted by Gasteiger charge is 2.17. The fraction of sp³-hybridized carbons (Fsp3) is 0.333. The van der Waals surface area contributed by atoms with Crippen LogP contribution >= 0.6 is 11.3 Å². The number of nitrogens with zero attached hydrogens (tertiary/aromatic N) is 3. The predicted octanol–water partition coefficient (Wildman–Crippen LogP) is 3.94. The molecule has 1 aromatic carbocycles. The van der Waals surface area contributed by atoms with Gasteiger partial charge >= 0.3 is 0 Å². The van der Waals surface area contributed by atoms with Crippen LogP contribution in [0.3, 0.4) is 0 Å². The topological polar surface area (TPSA) is 98.1 Å². The molecule has 0 saturated heterocycles. The number of hydrogen-bond acceptors (Lipinski definition) is 6. The number of thiazole rings is 1. The average molecular weight is 466 g/mol. The maximum Gasteiger partial charge on any atom is 0.248 e. The molecule has 8 nitrogen and oxygen atoms in total. The van der Waals surface area contributed by atoms with Crippen LogP contribution < -0.4 is 15.4 Å². The predicted molar refractivity (Wildman–Crippen MR) is 128 cm³/mol. The van der Waals surface area contributed by atoms with Crippen molar-refractivity contribution in [3.05, 3.63) is 64.4 Å². The van der Waals surface area contributed by atoms with Gasteiger partial charge in [0.15, 0.2) is 0 Å². The SMILES string of the molecule is Cc1nc(COc2cccc(/C=C/C(=O)Nc3cnn(CC(=O)NC4CCCC4)c3)c2)cs1. The molecule has 0 bridgehead atoms. The van der Waals surface area contributed by atoms with E-state index >= 15 is 0 Å². The number of rotatable bonds is 9. The zero-order valence-corrected chi connectivity index (χ0v) is 19.3. The van der Waals surface area contributed by atoms with E-state index in [1.165, 1.54) is 29.8 Å². The summed E-state index contributed by atoms with van der Waals surface area (Å²) >= 11 is 1.59. The van der Waals surface area contributed by atoms with Crippen LogP contribution in [0, 0.1) is 6.92 Å². The lowest BCUT2D eigenvalue weighted by atomic mass is 10.2. The van der Waals surface area contributed by atoms with E-state index in [1.54, 1.807) is 23.6 Å². The third-order valence-corrected chi connectivity index (χ3v) is 6.09. The summed E-state index contributed by atoms with van der Waals surface area (Å²) in [5, 5.41) is 12.9. The molecule has 2 aromatic heterocycles. The summed E-state index contributed by atoms with van der Waals surface area (Å²) in [6, 6.07) is 7.78. The van der Waals surface area contributed by atoms with Crippen molar-refractivity contribution in [3.63, 3.8) is 0 Å². The summed E-state index contributed by atoms with van der Waals surface area (Å²) in [6.45, 7) is 2.50. The molecule has 1 saturated carbocycles. The molecule has 0 radical (unpaired) electrons. The van der Waals surface area contributed by atoms with Crippen LogP contribution in [-0.2, 0) is 22.7 Å². The number of aromatic nitrogens is 3. The number of amides is 2. The largest absolute Gasteiger partial charge is 0.487 e. The zero-order chi connectivity index (χ0) is 23.0. The third kappa shape index (κ3) is 7.01. The lowest BCUT2D eigenvalue weighted by Gasteiger charge is -2.11.